The van der Waals surface area contributed by atoms with E-state index in [1.165, 1.54) is 0 Å². The number of anilines is 4. The van der Waals surface area contributed by atoms with Crippen molar-refractivity contribution in [1.29, 1.82) is 0 Å². The summed E-state index contributed by atoms with van der Waals surface area (Å²) >= 11 is 0. The Morgan fingerprint density at radius 1 is 0.846 bits per heavy atom. The number of hydrogen-bond acceptors (Lipinski definition) is 4. The van der Waals surface area contributed by atoms with E-state index in [0.29, 0.717) is 5.92 Å². The van der Waals surface area contributed by atoms with E-state index in [-0.39, 0.29) is 6.17 Å². The van der Waals surface area contributed by atoms with E-state index in [4.69, 9.17) is 9.97 Å². The number of nitrogens with zero attached hydrogens (tertiary/aromatic N) is 4. The number of fused-ring (bicyclic) bond motifs is 1. The summed E-state index contributed by atoms with van der Waals surface area (Å²) in [5, 5.41) is 0. The Kier molecular flexibility index (Phi) is 4.33. The fourth-order valence-electron chi connectivity index (χ4n) is 3.58. The third kappa shape index (κ3) is 2.92. The molecule has 4 heteroatoms. The molecule has 1 unspecified atom stereocenters. The van der Waals surface area contributed by atoms with Gasteiger partial charge in [-0.05, 0) is 43.5 Å². The quantitative estimate of drug-likeness (QED) is 0.642. The van der Waals surface area contributed by atoms with Crippen LogP contribution >= 0.6 is 0 Å². The molecule has 0 fully saturated rings. The van der Waals surface area contributed by atoms with E-state index >= 15 is 0 Å². The van der Waals surface area contributed by atoms with Crippen LogP contribution in [0.3, 0.4) is 0 Å². The number of rotatable bonds is 4. The normalized spacial score (nSPS) is 16.2. The van der Waals surface area contributed by atoms with E-state index < -0.39 is 0 Å². The van der Waals surface area contributed by atoms with Gasteiger partial charge in [0.25, 0.3) is 0 Å². The Morgan fingerprint density at radius 3 is 1.92 bits per heavy atom. The zero-order chi connectivity index (χ0) is 18.1. The summed E-state index contributed by atoms with van der Waals surface area (Å²) in [6.07, 6.45) is 2.96. The molecular formula is C22H24N4. The number of hydrogen-bond donors (Lipinski definition) is 0. The number of para-hydroxylation sites is 2. The van der Waals surface area contributed by atoms with Crippen molar-refractivity contribution < 1.29 is 0 Å². The molecule has 3 aromatic rings. The molecule has 2 aromatic carbocycles. The topological polar surface area (TPSA) is 32.3 Å². The molecule has 0 N–H and O–H groups in total. The molecule has 1 aliphatic heterocycles. The summed E-state index contributed by atoms with van der Waals surface area (Å²) in [5.74, 6) is 2.40. The van der Waals surface area contributed by atoms with Gasteiger partial charge in [-0.15, -0.1) is 0 Å². The van der Waals surface area contributed by atoms with Gasteiger partial charge < -0.3 is 9.80 Å². The van der Waals surface area contributed by atoms with Crippen LogP contribution in [0, 0.1) is 5.92 Å². The maximum atomic E-state index is 5.00. The molecule has 0 saturated heterocycles. The Balaban J connectivity index is 1.85. The summed E-state index contributed by atoms with van der Waals surface area (Å²) in [5.41, 5.74) is 3.31. The van der Waals surface area contributed by atoms with Gasteiger partial charge in [-0.1, -0.05) is 50.2 Å². The summed E-state index contributed by atoms with van der Waals surface area (Å²) in [7, 11) is 0. The molecule has 0 aliphatic carbocycles. The van der Waals surface area contributed by atoms with Crippen molar-refractivity contribution in [2.24, 2.45) is 5.92 Å². The van der Waals surface area contributed by atoms with Gasteiger partial charge in [-0.3, -0.25) is 0 Å². The van der Waals surface area contributed by atoms with Crippen LogP contribution in [0.15, 0.2) is 66.9 Å². The Labute approximate surface area is 155 Å². The van der Waals surface area contributed by atoms with Gasteiger partial charge in [-0.25, -0.2) is 9.97 Å². The van der Waals surface area contributed by atoms with Crippen molar-refractivity contribution in [2.75, 3.05) is 9.80 Å². The van der Waals surface area contributed by atoms with Gasteiger partial charge in [0.05, 0.1) is 11.9 Å². The molecule has 26 heavy (non-hydrogen) atoms. The average Bonchev–Trinajstić information content (AvgIpc) is 2.94. The smallest absolute Gasteiger partial charge is 0.178 e. The molecule has 0 saturated carbocycles. The minimum absolute atomic E-state index is 0.101. The summed E-state index contributed by atoms with van der Waals surface area (Å²) in [4.78, 5) is 14.4. The standard InChI is InChI=1S/C22H24N4/c1-16(2)14-18-15-23-21-22(24-18)26(20-12-8-5-9-13-20)17(3)25(21)19-10-6-4-7-11-19/h4-13,15-17H,14H2,1-3H3. The first-order chi connectivity index (χ1) is 12.6. The monoisotopic (exact) mass is 344 g/mol. The number of benzene rings is 2. The molecule has 0 spiro atoms. The van der Waals surface area contributed by atoms with E-state index in [2.05, 4.69) is 79.1 Å². The van der Waals surface area contributed by atoms with Crippen LogP contribution in [0.4, 0.5) is 23.0 Å². The van der Waals surface area contributed by atoms with Crippen LogP contribution in [0.2, 0.25) is 0 Å². The van der Waals surface area contributed by atoms with E-state index in [9.17, 15) is 0 Å². The third-order valence-corrected chi connectivity index (χ3v) is 4.68. The van der Waals surface area contributed by atoms with E-state index in [1.807, 2.05) is 18.3 Å². The van der Waals surface area contributed by atoms with Crippen molar-refractivity contribution in [1.82, 2.24) is 9.97 Å². The number of aromatic nitrogens is 2. The molecular weight excluding hydrogens is 320 g/mol. The lowest BCUT2D eigenvalue weighted by Crippen LogP contribution is -2.35. The maximum Gasteiger partial charge on any atom is 0.178 e. The largest absolute Gasteiger partial charge is 0.302 e. The fourth-order valence-corrected chi connectivity index (χ4v) is 3.58. The summed E-state index contributed by atoms with van der Waals surface area (Å²) in [6.45, 7) is 6.62. The highest BCUT2D eigenvalue weighted by molar-refractivity contribution is 5.83. The first-order valence-corrected chi connectivity index (χ1v) is 9.19. The zero-order valence-electron chi connectivity index (χ0n) is 15.5. The maximum absolute atomic E-state index is 5.00. The van der Waals surface area contributed by atoms with Crippen molar-refractivity contribution in [3.8, 4) is 0 Å². The second-order valence-corrected chi connectivity index (χ2v) is 7.15. The molecule has 4 nitrogen and oxygen atoms in total. The average molecular weight is 344 g/mol. The Morgan fingerprint density at radius 2 is 1.38 bits per heavy atom. The van der Waals surface area contributed by atoms with Gasteiger partial charge >= 0.3 is 0 Å². The second-order valence-electron chi connectivity index (χ2n) is 7.15. The molecule has 0 bridgehead atoms. The van der Waals surface area contributed by atoms with Crippen LogP contribution < -0.4 is 9.80 Å². The Bertz CT molecular complexity index is 877. The van der Waals surface area contributed by atoms with Crippen LogP contribution in [-0.2, 0) is 6.42 Å². The predicted octanol–water partition coefficient (Wildman–Crippen LogP) is 5.31. The van der Waals surface area contributed by atoms with Crippen molar-refractivity contribution in [3.05, 3.63) is 72.6 Å². The minimum Gasteiger partial charge on any atom is -0.302 e. The first kappa shape index (κ1) is 16.6. The SMILES string of the molecule is CC(C)Cc1cnc2c(n1)N(c1ccccc1)C(C)N2c1ccccc1. The summed E-state index contributed by atoms with van der Waals surface area (Å²) < 4.78 is 0. The molecule has 1 aliphatic rings. The predicted molar refractivity (Wildman–Crippen MR) is 107 cm³/mol. The third-order valence-electron chi connectivity index (χ3n) is 4.68. The van der Waals surface area contributed by atoms with E-state index in [0.717, 1.165) is 35.1 Å². The van der Waals surface area contributed by atoms with E-state index in [1.54, 1.807) is 0 Å². The molecule has 132 valence electrons. The lowest BCUT2D eigenvalue weighted by Gasteiger charge is -2.29. The first-order valence-electron chi connectivity index (χ1n) is 9.19. The van der Waals surface area contributed by atoms with Crippen molar-refractivity contribution in [2.45, 2.75) is 33.4 Å². The molecule has 0 radical (unpaired) electrons. The summed E-state index contributed by atoms with van der Waals surface area (Å²) in [6, 6.07) is 20.9. The minimum atomic E-state index is 0.101. The van der Waals surface area contributed by atoms with Crippen LogP contribution in [-0.4, -0.2) is 16.1 Å². The van der Waals surface area contributed by atoms with Gasteiger partial charge in [0.1, 0.15) is 6.17 Å². The van der Waals surface area contributed by atoms with Gasteiger partial charge in [0, 0.05) is 11.4 Å². The fraction of sp³-hybridized carbons (Fsp3) is 0.273. The van der Waals surface area contributed by atoms with Gasteiger partial charge in [0.15, 0.2) is 11.6 Å². The van der Waals surface area contributed by atoms with Crippen molar-refractivity contribution >= 4 is 23.0 Å². The second kappa shape index (κ2) is 6.79. The molecule has 1 aromatic heterocycles. The van der Waals surface area contributed by atoms with Crippen LogP contribution in [0.5, 0.6) is 0 Å². The van der Waals surface area contributed by atoms with Crippen LogP contribution in [0.25, 0.3) is 0 Å². The molecule has 2 heterocycles. The van der Waals surface area contributed by atoms with Crippen molar-refractivity contribution in [3.63, 3.8) is 0 Å². The van der Waals surface area contributed by atoms with Crippen LogP contribution in [0.1, 0.15) is 26.5 Å². The highest BCUT2D eigenvalue weighted by atomic mass is 15.5. The van der Waals surface area contributed by atoms with Gasteiger partial charge in [0.2, 0.25) is 0 Å². The van der Waals surface area contributed by atoms with Gasteiger partial charge in [-0.2, -0.15) is 0 Å². The lowest BCUT2D eigenvalue weighted by atomic mass is 10.1. The Hall–Kier alpha value is -2.88. The lowest BCUT2D eigenvalue weighted by molar-refractivity contribution is 0.633. The molecule has 1 atom stereocenters. The highest BCUT2D eigenvalue weighted by Crippen LogP contribution is 2.45. The zero-order valence-corrected chi connectivity index (χ0v) is 15.5. The molecule has 4 rings (SSSR count). The molecule has 0 amide bonds. The highest BCUT2D eigenvalue weighted by Gasteiger charge is 2.37.